The summed E-state index contributed by atoms with van der Waals surface area (Å²) in [4.78, 5) is 18.1. The molecule has 1 aliphatic heterocycles. The third kappa shape index (κ3) is 3.92. The molecule has 104 valence electrons. The predicted molar refractivity (Wildman–Crippen MR) is 74.2 cm³/mol. The Morgan fingerprint density at radius 3 is 3.11 bits per heavy atom. The van der Waals surface area contributed by atoms with Crippen molar-refractivity contribution < 1.29 is 9.53 Å². The molecule has 1 atom stereocenters. The smallest absolute Gasteiger partial charge is 0.323 e. The fraction of sp³-hybridized carbons (Fsp3) is 0.571. The Balaban J connectivity index is 1.82. The van der Waals surface area contributed by atoms with Crippen LogP contribution in [0, 0.1) is 12.8 Å². The first-order valence-corrected chi connectivity index (χ1v) is 6.75. The number of nitrogens with zero attached hydrogens (tertiary/aromatic N) is 2. The van der Waals surface area contributed by atoms with Gasteiger partial charge in [0.15, 0.2) is 0 Å². The van der Waals surface area contributed by atoms with Crippen molar-refractivity contribution >= 4 is 11.8 Å². The van der Waals surface area contributed by atoms with Crippen LogP contribution in [0.1, 0.15) is 18.9 Å². The highest BCUT2D eigenvalue weighted by atomic mass is 16.5. The molecule has 1 aliphatic rings. The van der Waals surface area contributed by atoms with Crippen LogP contribution in [-0.2, 0) is 4.74 Å². The molecule has 1 aromatic heterocycles. The first-order valence-electron chi connectivity index (χ1n) is 6.75. The number of carbonyl (C=O) groups excluding carboxylic acids is 1. The summed E-state index contributed by atoms with van der Waals surface area (Å²) in [6.07, 6.45) is 2.76. The standard InChI is InChI=1S/C14H21N3O2/c1-3-19-10-12-6-7-17(9-12)14(18)16-13-5-4-11(2)8-15-13/h4-5,8,12H,3,6-7,9-10H2,1-2H3,(H,15,16,18)/t12-/m0/s1. The number of pyridine rings is 1. The largest absolute Gasteiger partial charge is 0.381 e. The average Bonchev–Trinajstić information content (AvgIpc) is 2.88. The molecule has 0 unspecified atom stereocenters. The van der Waals surface area contributed by atoms with E-state index in [0.29, 0.717) is 11.7 Å². The summed E-state index contributed by atoms with van der Waals surface area (Å²) >= 11 is 0. The van der Waals surface area contributed by atoms with Crippen LogP contribution >= 0.6 is 0 Å². The summed E-state index contributed by atoms with van der Waals surface area (Å²) < 4.78 is 5.41. The van der Waals surface area contributed by atoms with Gasteiger partial charge in [0.25, 0.3) is 0 Å². The monoisotopic (exact) mass is 263 g/mol. The lowest BCUT2D eigenvalue weighted by atomic mass is 10.1. The predicted octanol–water partition coefficient (Wildman–Crippen LogP) is 2.28. The second-order valence-corrected chi connectivity index (χ2v) is 4.91. The van der Waals surface area contributed by atoms with Crippen LogP contribution < -0.4 is 5.32 Å². The number of nitrogens with one attached hydrogen (secondary N) is 1. The van der Waals surface area contributed by atoms with E-state index < -0.39 is 0 Å². The zero-order chi connectivity index (χ0) is 13.7. The molecule has 5 nitrogen and oxygen atoms in total. The quantitative estimate of drug-likeness (QED) is 0.906. The number of aryl methyl sites for hydroxylation is 1. The second kappa shape index (κ2) is 6.52. The van der Waals surface area contributed by atoms with Crippen molar-refractivity contribution in [2.24, 2.45) is 5.92 Å². The van der Waals surface area contributed by atoms with Gasteiger partial charge < -0.3 is 9.64 Å². The highest BCUT2D eigenvalue weighted by Gasteiger charge is 2.26. The van der Waals surface area contributed by atoms with Crippen LogP contribution in [0.25, 0.3) is 0 Å². The number of hydrogen-bond acceptors (Lipinski definition) is 3. The molecule has 0 bridgehead atoms. The number of anilines is 1. The van der Waals surface area contributed by atoms with E-state index in [1.54, 1.807) is 6.20 Å². The summed E-state index contributed by atoms with van der Waals surface area (Å²) in [6, 6.07) is 3.68. The van der Waals surface area contributed by atoms with Gasteiger partial charge >= 0.3 is 6.03 Å². The van der Waals surface area contributed by atoms with Crippen molar-refractivity contribution in [3.63, 3.8) is 0 Å². The molecular formula is C14H21N3O2. The Morgan fingerprint density at radius 2 is 2.42 bits per heavy atom. The van der Waals surface area contributed by atoms with Gasteiger partial charge in [0.05, 0.1) is 6.61 Å². The summed E-state index contributed by atoms with van der Waals surface area (Å²) in [5.74, 6) is 1.06. The van der Waals surface area contributed by atoms with E-state index in [1.165, 1.54) is 0 Å². The zero-order valence-electron chi connectivity index (χ0n) is 11.6. The van der Waals surface area contributed by atoms with E-state index in [2.05, 4.69) is 10.3 Å². The lowest BCUT2D eigenvalue weighted by molar-refractivity contribution is 0.113. The molecule has 1 fully saturated rings. The average molecular weight is 263 g/mol. The Morgan fingerprint density at radius 1 is 1.58 bits per heavy atom. The van der Waals surface area contributed by atoms with Gasteiger partial charge in [-0.2, -0.15) is 0 Å². The molecule has 2 rings (SSSR count). The van der Waals surface area contributed by atoms with Crippen LogP contribution in [0.3, 0.4) is 0 Å². The van der Waals surface area contributed by atoms with Gasteiger partial charge in [-0.3, -0.25) is 5.32 Å². The first kappa shape index (κ1) is 13.8. The number of urea groups is 1. The van der Waals surface area contributed by atoms with E-state index in [9.17, 15) is 4.79 Å². The fourth-order valence-corrected chi connectivity index (χ4v) is 2.17. The van der Waals surface area contributed by atoms with E-state index in [1.807, 2.05) is 30.9 Å². The maximum Gasteiger partial charge on any atom is 0.323 e. The van der Waals surface area contributed by atoms with Gasteiger partial charge in [0.2, 0.25) is 0 Å². The molecule has 2 heterocycles. The Bertz CT molecular complexity index is 419. The zero-order valence-corrected chi connectivity index (χ0v) is 11.6. The minimum Gasteiger partial charge on any atom is -0.381 e. The normalized spacial score (nSPS) is 18.6. The lowest BCUT2D eigenvalue weighted by Gasteiger charge is -2.17. The Labute approximate surface area is 114 Å². The number of aromatic nitrogens is 1. The molecule has 0 saturated carbocycles. The van der Waals surface area contributed by atoms with Crippen LogP contribution in [-0.4, -0.2) is 42.2 Å². The number of carbonyl (C=O) groups is 1. The maximum atomic E-state index is 12.1. The van der Waals surface area contributed by atoms with E-state index in [-0.39, 0.29) is 6.03 Å². The number of hydrogen-bond donors (Lipinski definition) is 1. The molecule has 0 aliphatic carbocycles. The summed E-state index contributed by atoms with van der Waals surface area (Å²) in [5.41, 5.74) is 1.08. The molecule has 5 heteroatoms. The van der Waals surface area contributed by atoms with Crippen molar-refractivity contribution in [2.45, 2.75) is 20.3 Å². The SMILES string of the molecule is CCOC[C@H]1CCN(C(=O)Nc2ccc(C)cn2)C1. The summed E-state index contributed by atoms with van der Waals surface area (Å²) in [7, 11) is 0. The van der Waals surface area contributed by atoms with Crippen LogP contribution in [0.15, 0.2) is 18.3 Å². The van der Waals surface area contributed by atoms with Crippen LogP contribution in [0.5, 0.6) is 0 Å². The fourth-order valence-electron chi connectivity index (χ4n) is 2.17. The van der Waals surface area contributed by atoms with Crippen LogP contribution in [0.4, 0.5) is 10.6 Å². The highest BCUT2D eigenvalue weighted by molar-refractivity contribution is 5.88. The van der Waals surface area contributed by atoms with Gasteiger partial charge in [-0.1, -0.05) is 6.07 Å². The van der Waals surface area contributed by atoms with Gasteiger partial charge in [-0.15, -0.1) is 0 Å². The van der Waals surface area contributed by atoms with Crippen molar-refractivity contribution in [3.8, 4) is 0 Å². The number of amides is 2. The van der Waals surface area contributed by atoms with E-state index >= 15 is 0 Å². The van der Waals surface area contributed by atoms with E-state index in [0.717, 1.165) is 38.3 Å². The third-order valence-corrected chi connectivity index (χ3v) is 3.28. The Kier molecular flexibility index (Phi) is 4.74. The summed E-state index contributed by atoms with van der Waals surface area (Å²) in [5, 5.41) is 2.82. The number of likely N-dealkylation sites (tertiary alicyclic amines) is 1. The van der Waals surface area contributed by atoms with Gasteiger partial charge in [0.1, 0.15) is 5.82 Å². The lowest BCUT2D eigenvalue weighted by Crippen LogP contribution is -2.33. The highest BCUT2D eigenvalue weighted by Crippen LogP contribution is 2.17. The minimum atomic E-state index is -0.0737. The molecule has 0 spiro atoms. The molecular weight excluding hydrogens is 242 g/mol. The van der Waals surface area contributed by atoms with Gasteiger partial charge in [-0.05, 0) is 31.9 Å². The number of ether oxygens (including phenoxy) is 1. The molecule has 0 aromatic carbocycles. The molecule has 1 aromatic rings. The van der Waals surface area contributed by atoms with Gasteiger partial charge in [-0.25, -0.2) is 9.78 Å². The van der Waals surface area contributed by atoms with Crippen molar-refractivity contribution in [1.29, 1.82) is 0 Å². The number of rotatable bonds is 4. The van der Waals surface area contributed by atoms with E-state index in [4.69, 9.17) is 4.74 Å². The van der Waals surface area contributed by atoms with Crippen molar-refractivity contribution in [1.82, 2.24) is 9.88 Å². The maximum absolute atomic E-state index is 12.1. The van der Waals surface area contributed by atoms with Crippen molar-refractivity contribution in [2.75, 3.05) is 31.6 Å². The topological polar surface area (TPSA) is 54.5 Å². The van der Waals surface area contributed by atoms with Crippen LogP contribution in [0.2, 0.25) is 0 Å². The molecule has 1 saturated heterocycles. The Hall–Kier alpha value is -1.62. The van der Waals surface area contributed by atoms with Gasteiger partial charge in [0, 0.05) is 31.8 Å². The second-order valence-electron chi connectivity index (χ2n) is 4.91. The minimum absolute atomic E-state index is 0.0737. The first-order chi connectivity index (χ1) is 9.19. The molecule has 2 amide bonds. The summed E-state index contributed by atoms with van der Waals surface area (Å²) in [6.45, 7) is 6.98. The third-order valence-electron chi connectivity index (χ3n) is 3.28. The molecule has 1 N–H and O–H groups in total. The molecule has 19 heavy (non-hydrogen) atoms. The molecule has 0 radical (unpaired) electrons. The van der Waals surface area contributed by atoms with Crippen molar-refractivity contribution in [3.05, 3.63) is 23.9 Å².